The van der Waals surface area contributed by atoms with E-state index in [1.165, 1.54) is 0 Å². The molecule has 7 heteroatoms. The Morgan fingerprint density at radius 3 is 2.80 bits per heavy atom. The van der Waals surface area contributed by atoms with E-state index in [0.29, 0.717) is 16.4 Å². The average Bonchev–Trinajstić information content (AvgIpc) is 2.42. The van der Waals surface area contributed by atoms with Crippen LogP contribution in [0.15, 0.2) is 42.6 Å². The number of hydrogen-bond donors (Lipinski definition) is 2. The van der Waals surface area contributed by atoms with Crippen molar-refractivity contribution in [2.75, 3.05) is 5.32 Å². The molecule has 1 amide bonds. The highest BCUT2D eigenvalue weighted by molar-refractivity contribution is 14.1. The van der Waals surface area contributed by atoms with Crippen LogP contribution in [0.25, 0.3) is 0 Å². The van der Waals surface area contributed by atoms with Gasteiger partial charge in [-0.1, -0.05) is 17.7 Å². The molecule has 102 valence electrons. The average molecular weight is 418 g/mol. The quantitative estimate of drug-likeness (QED) is 0.580. The zero-order valence-corrected chi connectivity index (χ0v) is 13.8. The normalized spacial score (nSPS) is 9.90. The summed E-state index contributed by atoms with van der Waals surface area (Å²) in [6, 6.07) is 10.5. The number of thiocarbonyl (C=S) groups is 1. The number of nitrogens with zero attached hydrogens (tertiary/aromatic N) is 1. The maximum atomic E-state index is 12.1. The molecule has 0 saturated carbocycles. The second kappa shape index (κ2) is 6.96. The first-order chi connectivity index (χ1) is 9.56. The molecule has 0 aliphatic carbocycles. The highest BCUT2D eigenvalue weighted by atomic mass is 127. The van der Waals surface area contributed by atoms with Crippen molar-refractivity contribution in [3.63, 3.8) is 0 Å². The van der Waals surface area contributed by atoms with Gasteiger partial charge in [-0.25, -0.2) is 4.98 Å². The lowest BCUT2D eigenvalue weighted by Crippen LogP contribution is -2.34. The lowest BCUT2D eigenvalue weighted by atomic mass is 10.2. The lowest BCUT2D eigenvalue weighted by Gasteiger charge is -2.09. The van der Waals surface area contributed by atoms with Crippen molar-refractivity contribution in [2.24, 2.45) is 0 Å². The molecular formula is C13H9ClIN3OS. The van der Waals surface area contributed by atoms with Crippen LogP contribution in [0.5, 0.6) is 0 Å². The third kappa shape index (κ3) is 4.12. The summed E-state index contributed by atoms with van der Waals surface area (Å²) < 4.78 is 0.917. The molecule has 0 spiro atoms. The number of aromatic nitrogens is 1. The van der Waals surface area contributed by atoms with Crippen molar-refractivity contribution in [1.29, 1.82) is 0 Å². The monoisotopic (exact) mass is 417 g/mol. The second-order valence-electron chi connectivity index (χ2n) is 3.75. The minimum absolute atomic E-state index is 0.170. The molecule has 20 heavy (non-hydrogen) atoms. The Kier molecular flexibility index (Phi) is 5.27. The van der Waals surface area contributed by atoms with E-state index in [0.717, 1.165) is 3.57 Å². The summed E-state index contributed by atoms with van der Waals surface area (Å²) in [5.74, 6) is 0.202. The maximum absolute atomic E-state index is 12.1. The first-order valence-corrected chi connectivity index (χ1v) is 7.41. The number of amides is 1. The van der Waals surface area contributed by atoms with E-state index in [2.05, 4.69) is 38.2 Å². The van der Waals surface area contributed by atoms with Gasteiger partial charge in [-0.2, -0.15) is 0 Å². The predicted molar refractivity (Wildman–Crippen MR) is 92.1 cm³/mol. The molecule has 1 aromatic heterocycles. The van der Waals surface area contributed by atoms with Gasteiger partial charge in [0.25, 0.3) is 5.91 Å². The fourth-order valence-corrected chi connectivity index (χ4v) is 2.32. The van der Waals surface area contributed by atoms with Gasteiger partial charge in [0.1, 0.15) is 5.82 Å². The Labute approximate surface area is 140 Å². The van der Waals surface area contributed by atoms with E-state index >= 15 is 0 Å². The molecule has 0 unspecified atom stereocenters. The highest BCUT2D eigenvalue weighted by Gasteiger charge is 2.12. The Hall–Kier alpha value is -1.25. The van der Waals surface area contributed by atoms with Crippen LogP contribution in [0.4, 0.5) is 5.82 Å². The van der Waals surface area contributed by atoms with Gasteiger partial charge in [0.05, 0.1) is 10.6 Å². The van der Waals surface area contributed by atoms with E-state index in [-0.39, 0.29) is 11.0 Å². The van der Waals surface area contributed by atoms with Crippen LogP contribution in [0.1, 0.15) is 10.4 Å². The van der Waals surface area contributed by atoms with E-state index in [1.54, 1.807) is 30.5 Å². The smallest absolute Gasteiger partial charge is 0.258 e. The van der Waals surface area contributed by atoms with E-state index < -0.39 is 0 Å². The molecule has 0 fully saturated rings. The van der Waals surface area contributed by atoms with E-state index in [4.69, 9.17) is 23.8 Å². The lowest BCUT2D eigenvalue weighted by molar-refractivity contribution is 0.0978. The number of rotatable bonds is 2. The summed E-state index contributed by atoms with van der Waals surface area (Å²) in [4.78, 5) is 16.1. The van der Waals surface area contributed by atoms with E-state index in [9.17, 15) is 4.79 Å². The van der Waals surface area contributed by atoms with Gasteiger partial charge in [-0.05, 0) is 65.1 Å². The SMILES string of the molecule is O=C(NC(=S)Nc1ccccn1)c1cc(I)ccc1Cl. The summed E-state index contributed by atoms with van der Waals surface area (Å²) in [5, 5.41) is 5.93. The van der Waals surface area contributed by atoms with Gasteiger partial charge >= 0.3 is 0 Å². The fourth-order valence-electron chi connectivity index (χ4n) is 1.43. The van der Waals surface area contributed by atoms with Crippen molar-refractivity contribution in [3.05, 3.63) is 56.8 Å². The first kappa shape index (κ1) is 15.1. The molecule has 0 aliphatic heterocycles. The predicted octanol–water partition coefficient (Wildman–Crippen LogP) is 3.47. The molecular weight excluding hydrogens is 409 g/mol. The number of benzene rings is 1. The molecule has 0 saturated heterocycles. The number of anilines is 1. The summed E-state index contributed by atoms with van der Waals surface area (Å²) in [5.41, 5.74) is 0.378. The van der Waals surface area contributed by atoms with Crippen LogP contribution in [0.2, 0.25) is 5.02 Å². The largest absolute Gasteiger partial charge is 0.317 e. The van der Waals surface area contributed by atoms with Crippen molar-refractivity contribution in [3.8, 4) is 0 Å². The van der Waals surface area contributed by atoms with Crippen molar-refractivity contribution >= 4 is 63.2 Å². The number of carbonyl (C=O) groups is 1. The minimum atomic E-state index is -0.359. The van der Waals surface area contributed by atoms with Gasteiger partial charge in [-0.3, -0.25) is 10.1 Å². The summed E-state index contributed by atoms with van der Waals surface area (Å²) in [6.07, 6.45) is 1.63. The molecule has 2 rings (SSSR count). The molecule has 4 nitrogen and oxygen atoms in total. The van der Waals surface area contributed by atoms with Crippen LogP contribution < -0.4 is 10.6 Å². The van der Waals surface area contributed by atoms with Crippen LogP contribution in [0, 0.1) is 3.57 Å². The summed E-state index contributed by atoms with van der Waals surface area (Å²) in [7, 11) is 0. The van der Waals surface area contributed by atoms with Crippen LogP contribution in [0.3, 0.4) is 0 Å². The Morgan fingerprint density at radius 1 is 1.30 bits per heavy atom. The molecule has 1 aromatic carbocycles. The van der Waals surface area contributed by atoms with Gasteiger partial charge in [-0.15, -0.1) is 0 Å². The topological polar surface area (TPSA) is 54.0 Å². The van der Waals surface area contributed by atoms with Gasteiger partial charge in [0.2, 0.25) is 0 Å². The van der Waals surface area contributed by atoms with E-state index in [1.807, 2.05) is 12.1 Å². The number of carbonyl (C=O) groups excluding carboxylic acids is 1. The standard InChI is InChI=1S/C13H9ClIN3OS/c14-10-5-4-8(15)7-9(10)12(19)18-13(20)17-11-3-1-2-6-16-11/h1-7H,(H2,16,17,18,19,20). The van der Waals surface area contributed by atoms with Crippen LogP contribution >= 0.6 is 46.4 Å². The third-order valence-electron chi connectivity index (χ3n) is 2.31. The number of halogens is 2. The van der Waals surface area contributed by atoms with Crippen molar-refractivity contribution in [1.82, 2.24) is 10.3 Å². The van der Waals surface area contributed by atoms with Gasteiger partial charge < -0.3 is 5.32 Å². The maximum Gasteiger partial charge on any atom is 0.258 e. The van der Waals surface area contributed by atoms with Gasteiger partial charge in [0.15, 0.2) is 5.11 Å². The minimum Gasteiger partial charge on any atom is -0.317 e. The van der Waals surface area contributed by atoms with Crippen molar-refractivity contribution in [2.45, 2.75) is 0 Å². The van der Waals surface area contributed by atoms with Crippen LogP contribution in [-0.4, -0.2) is 16.0 Å². The molecule has 0 atom stereocenters. The van der Waals surface area contributed by atoms with Crippen LogP contribution in [-0.2, 0) is 0 Å². The number of hydrogen-bond acceptors (Lipinski definition) is 3. The molecule has 1 heterocycles. The second-order valence-corrected chi connectivity index (χ2v) is 5.81. The molecule has 2 aromatic rings. The molecule has 2 N–H and O–H groups in total. The Morgan fingerprint density at radius 2 is 2.10 bits per heavy atom. The molecule has 0 radical (unpaired) electrons. The third-order valence-corrected chi connectivity index (χ3v) is 3.51. The Balaban J connectivity index is 2.04. The fraction of sp³-hybridized carbons (Fsp3) is 0. The van der Waals surface area contributed by atoms with Gasteiger partial charge in [0, 0.05) is 9.77 Å². The molecule has 0 aliphatic rings. The zero-order chi connectivity index (χ0) is 14.5. The molecule has 0 bridgehead atoms. The first-order valence-electron chi connectivity index (χ1n) is 5.54. The summed E-state index contributed by atoms with van der Waals surface area (Å²) in [6.45, 7) is 0. The summed E-state index contributed by atoms with van der Waals surface area (Å²) >= 11 is 13.2. The highest BCUT2D eigenvalue weighted by Crippen LogP contribution is 2.18. The zero-order valence-electron chi connectivity index (χ0n) is 10.1. The number of nitrogens with one attached hydrogen (secondary N) is 2. The number of pyridine rings is 1. The Bertz CT molecular complexity index is 651. The van der Waals surface area contributed by atoms with Crippen molar-refractivity contribution < 1.29 is 4.79 Å².